The van der Waals surface area contributed by atoms with E-state index in [4.69, 9.17) is 0 Å². The van der Waals surface area contributed by atoms with E-state index in [-0.39, 0.29) is 11.8 Å². The molecule has 3 rings (SSSR count). The van der Waals surface area contributed by atoms with Gasteiger partial charge in [-0.1, -0.05) is 13.8 Å². The van der Waals surface area contributed by atoms with Crippen molar-refractivity contribution < 1.29 is 18.4 Å². The first kappa shape index (κ1) is 30.1. The average molecular weight is 531 g/mol. The van der Waals surface area contributed by atoms with Gasteiger partial charge in [0.15, 0.2) is 0 Å². The summed E-state index contributed by atoms with van der Waals surface area (Å²) in [6.07, 6.45) is 4.38. The van der Waals surface area contributed by atoms with Crippen molar-refractivity contribution in [3.63, 3.8) is 0 Å². The Kier molecular flexibility index (Phi) is 12.9. The average Bonchev–Trinajstić information content (AvgIpc) is 3.40. The number of nitrogens with zero attached hydrogens (tertiary/aromatic N) is 2. The molecule has 3 aromatic rings. The first-order valence-electron chi connectivity index (χ1n) is 12.5. The van der Waals surface area contributed by atoms with E-state index >= 15 is 0 Å². The standard InChI is InChI=1S/C21H30N4O2S.C7H6F2/c1-4-10-25(11-5-2)21(27)18-14-16(19(26)23-8-6-7-22-3)13-17(15-18)20-24-9-12-28-20;1-5-2-6(8)4-7(9)3-5/h9,12-15,22H,4-8,10-11H2,1-3H3,(H,23,26);2-4H,1H3. The number of aryl methyl sites for hydroxylation is 1. The Labute approximate surface area is 222 Å². The maximum absolute atomic E-state index is 13.1. The van der Waals surface area contributed by atoms with Crippen molar-refractivity contribution in [3.05, 3.63) is 76.3 Å². The van der Waals surface area contributed by atoms with Crippen molar-refractivity contribution in [2.45, 2.75) is 40.0 Å². The number of hydrogen-bond acceptors (Lipinski definition) is 5. The molecule has 0 aliphatic carbocycles. The topological polar surface area (TPSA) is 74.3 Å². The van der Waals surface area contributed by atoms with Crippen LogP contribution in [0.15, 0.2) is 48.0 Å². The van der Waals surface area contributed by atoms with Gasteiger partial charge in [0.1, 0.15) is 16.6 Å². The number of rotatable bonds is 11. The monoisotopic (exact) mass is 530 g/mol. The highest BCUT2D eigenvalue weighted by molar-refractivity contribution is 7.13. The highest BCUT2D eigenvalue weighted by Gasteiger charge is 2.19. The summed E-state index contributed by atoms with van der Waals surface area (Å²) in [5.74, 6) is -1.24. The SMILES string of the molecule is CCCN(CCC)C(=O)c1cc(C(=O)NCCCNC)cc(-c2nccs2)c1.Cc1cc(F)cc(F)c1. The zero-order chi connectivity index (χ0) is 27.2. The van der Waals surface area contributed by atoms with Gasteiger partial charge >= 0.3 is 0 Å². The van der Waals surface area contributed by atoms with E-state index in [9.17, 15) is 18.4 Å². The number of carbonyl (C=O) groups is 2. The van der Waals surface area contributed by atoms with E-state index < -0.39 is 11.6 Å². The Morgan fingerprint density at radius 1 is 0.946 bits per heavy atom. The van der Waals surface area contributed by atoms with E-state index in [1.165, 1.54) is 23.5 Å². The molecule has 2 aromatic carbocycles. The van der Waals surface area contributed by atoms with Crippen LogP contribution >= 0.6 is 11.3 Å². The molecule has 6 nitrogen and oxygen atoms in total. The Bertz CT molecular complexity index is 1080. The molecule has 2 amide bonds. The molecule has 0 saturated heterocycles. The Morgan fingerprint density at radius 3 is 2.14 bits per heavy atom. The number of aromatic nitrogens is 1. The third-order valence-electron chi connectivity index (χ3n) is 5.29. The number of benzene rings is 2. The zero-order valence-electron chi connectivity index (χ0n) is 21.9. The maximum atomic E-state index is 13.1. The van der Waals surface area contributed by atoms with Crippen LogP contribution in [0.5, 0.6) is 0 Å². The molecule has 0 aliphatic rings. The lowest BCUT2D eigenvalue weighted by Gasteiger charge is -2.22. The molecule has 0 saturated carbocycles. The van der Waals surface area contributed by atoms with E-state index in [1.807, 2.05) is 29.5 Å². The largest absolute Gasteiger partial charge is 0.352 e. The second kappa shape index (κ2) is 15.8. The molecular formula is C28H36F2N4O2S. The summed E-state index contributed by atoms with van der Waals surface area (Å²) < 4.78 is 24.4. The molecule has 37 heavy (non-hydrogen) atoms. The van der Waals surface area contributed by atoms with Crippen LogP contribution in [0.4, 0.5) is 8.78 Å². The van der Waals surface area contributed by atoms with Gasteiger partial charge in [-0.3, -0.25) is 9.59 Å². The molecule has 0 radical (unpaired) electrons. The fourth-order valence-electron chi connectivity index (χ4n) is 3.67. The molecule has 2 N–H and O–H groups in total. The molecular weight excluding hydrogens is 494 g/mol. The molecule has 1 aromatic heterocycles. The first-order chi connectivity index (χ1) is 17.8. The predicted octanol–water partition coefficient (Wildman–Crippen LogP) is 5.68. The lowest BCUT2D eigenvalue weighted by Crippen LogP contribution is -2.33. The number of hydrogen-bond donors (Lipinski definition) is 2. The van der Waals surface area contributed by atoms with Gasteiger partial charge in [-0.2, -0.15) is 0 Å². The van der Waals surface area contributed by atoms with Crippen LogP contribution < -0.4 is 10.6 Å². The fourth-order valence-corrected chi connectivity index (χ4v) is 4.30. The molecule has 0 fully saturated rings. The van der Waals surface area contributed by atoms with Crippen LogP contribution in [0.2, 0.25) is 0 Å². The lowest BCUT2D eigenvalue weighted by molar-refractivity contribution is 0.0755. The normalized spacial score (nSPS) is 10.4. The van der Waals surface area contributed by atoms with Crippen molar-refractivity contribution in [1.29, 1.82) is 0 Å². The summed E-state index contributed by atoms with van der Waals surface area (Å²) in [5, 5.41) is 8.68. The van der Waals surface area contributed by atoms with Crippen LogP contribution in [0.25, 0.3) is 10.6 Å². The second-order valence-corrected chi connectivity index (χ2v) is 9.48. The Morgan fingerprint density at radius 2 is 1.59 bits per heavy atom. The minimum absolute atomic E-state index is 0.0358. The van der Waals surface area contributed by atoms with Crippen LogP contribution in [-0.4, -0.2) is 54.9 Å². The van der Waals surface area contributed by atoms with Gasteiger partial charge in [0.25, 0.3) is 11.8 Å². The summed E-state index contributed by atoms with van der Waals surface area (Å²) in [4.78, 5) is 31.9. The van der Waals surface area contributed by atoms with Crippen molar-refractivity contribution in [2.24, 2.45) is 0 Å². The molecule has 200 valence electrons. The molecule has 9 heteroatoms. The van der Waals surface area contributed by atoms with Crippen molar-refractivity contribution >= 4 is 23.2 Å². The summed E-state index contributed by atoms with van der Waals surface area (Å²) in [6, 6.07) is 8.77. The summed E-state index contributed by atoms with van der Waals surface area (Å²) in [7, 11) is 1.88. The van der Waals surface area contributed by atoms with Crippen LogP contribution in [0.3, 0.4) is 0 Å². The van der Waals surface area contributed by atoms with Gasteiger partial charge in [0, 0.05) is 54.0 Å². The van der Waals surface area contributed by atoms with Crippen LogP contribution in [-0.2, 0) is 0 Å². The molecule has 1 heterocycles. The lowest BCUT2D eigenvalue weighted by atomic mass is 10.0. The van der Waals surface area contributed by atoms with E-state index in [0.717, 1.165) is 42.4 Å². The Hall–Kier alpha value is -3.17. The number of thiazole rings is 1. The van der Waals surface area contributed by atoms with Crippen LogP contribution in [0.1, 0.15) is 59.4 Å². The van der Waals surface area contributed by atoms with Gasteiger partial charge in [0.05, 0.1) is 0 Å². The summed E-state index contributed by atoms with van der Waals surface area (Å²) in [5.41, 5.74) is 2.44. The summed E-state index contributed by atoms with van der Waals surface area (Å²) >= 11 is 1.49. The smallest absolute Gasteiger partial charge is 0.253 e. The number of halogens is 2. The molecule has 0 spiro atoms. The van der Waals surface area contributed by atoms with Gasteiger partial charge < -0.3 is 15.5 Å². The van der Waals surface area contributed by atoms with E-state index in [0.29, 0.717) is 36.3 Å². The van der Waals surface area contributed by atoms with Gasteiger partial charge in [-0.25, -0.2) is 13.8 Å². The minimum atomic E-state index is -0.521. The fraction of sp³-hybridized carbons (Fsp3) is 0.393. The van der Waals surface area contributed by atoms with Crippen molar-refractivity contribution in [3.8, 4) is 10.6 Å². The predicted molar refractivity (Wildman–Crippen MR) is 146 cm³/mol. The first-order valence-corrected chi connectivity index (χ1v) is 13.4. The number of nitrogens with one attached hydrogen (secondary N) is 2. The summed E-state index contributed by atoms with van der Waals surface area (Å²) in [6.45, 7) is 8.61. The van der Waals surface area contributed by atoms with Crippen molar-refractivity contribution in [2.75, 3.05) is 33.2 Å². The maximum Gasteiger partial charge on any atom is 0.253 e. The number of carbonyl (C=O) groups excluding carboxylic acids is 2. The van der Waals surface area contributed by atoms with E-state index in [2.05, 4.69) is 29.5 Å². The highest BCUT2D eigenvalue weighted by atomic mass is 32.1. The third kappa shape index (κ3) is 10.0. The minimum Gasteiger partial charge on any atom is -0.352 e. The van der Waals surface area contributed by atoms with Crippen molar-refractivity contribution in [1.82, 2.24) is 20.5 Å². The van der Waals surface area contributed by atoms with Gasteiger partial charge in [0.2, 0.25) is 0 Å². The quantitative estimate of drug-likeness (QED) is 0.313. The molecule has 0 aliphatic heterocycles. The molecule has 0 atom stereocenters. The van der Waals surface area contributed by atoms with Gasteiger partial charge in [-0.05, 0) is 75.7 Å². The van der Waals surface area contributed by atoms with Gasteiger partial charge in [-0.15, -0.1) is 11.3 Å². The Balaban J connectivity index is 0.000000449. The van der Waals surface area contributed by atoms with Crippen LogP contribution in [0, 0.1) is 18.6 Å². The molecule has 0 bridgehead atoms. The third-order valence-corrected chi connectivity index (χ3v) is 6.11. The second-order valence-electron chi connectivity index (χ2n) is 8.59. The van der Waals surface area contributed by atoms with E-state index in [1.54, 1.807) is 19.2 Å². The zero-order valence-corrected chi connectivity index (χ0v) is 22.8. The molecule has 0 unspecified atom stereocenters. The highest BCUT2D eigenvalue weighted by Crippen LogP contribution is 2.25. The number of amides is 2.